The van der Waals surface area contributed by atoms with Crippen molar-refractivity contribution in [1.29, 1.82) is 0 Å². The van der Waals surface area contributed by atoms with Crippen molar-refractivity contribution in [2.45, 2.75) is 12.8 Å². The van der Waals surface area contributed by atoms with Crippen LogP contribution < -0.4 is 10.6 Å². The Balaban J connectivity index is 1.49. The van der Waals surface area contributed by atoms with Gasteiger partial charge in [0.2, 0.25) is 0 Å². The minimum absolute atomic E-state index is 0.214. The summed E-state index contributed by atoms with van der Waals surface area (Å²) in [4.78, 5) is 14.5. The summed E-state index contributed by atoms with van der Waals surface area (Å²) in [6.07, 6.45) is 2.19. The molecule has 1 atom stereocenters. The molecule has 1 aliphatic heterocycles. The van der Waals surface area contributed by atoms with E-state index in [2.05, 4.69) is 15.5 Å². The Morgan fingerprint density at radius 2 is 1.96 bits per heavy atom. The first-order chi connectivity index (χ1) is 13.1. The number of rotatable bonds is 6. The van der Waals surface area contributed by atoms with Crippen LogP contribution in [0.5, 0.6) is 0 Å². The number of nitrogens with one attached hydrogen (secondary N) is 2. The maximum Gasteiger partial charge on any atom is 0.319 e. The Morgan fingerprint density at radius 3 is 2.74 bits per heavy atom. The van der Waals surface area contributed by atoms with Gasteiger partial charge >= 0.3 is 6.03 Å². The molecule has 2 aromatic rings. The summed E-state index contributed by atoms with van der Waals surface area (Å²) in [5.41, 5.74) is 2.75. The van der Waals surface area contributed by atoms with Crippen LogP contribution >= 0.6 is 11.6 Å². The second kappa shape index (κ2) is 9.74. The lowest BCUT2D eigenvalue weighted by Gasteiger charge is -2.31. The molecule has 3 rings (SSSR count). The van der Waals surface area contributed by atoms with Crippen LogP contribution in [0.25, 0.3) is 11.1 Å². The number of nitrogens with zero attached hydrogens (tertiary/aromatic N) is 1. The Bertz CT molecular complexity index is 769. The fourth-order valence-electron chi connectivity index (χ4n) is 3.45. The van der Waals surface area contributed by atoms with Crippen LogP contribution in [0.15, 0.2) is 48.5 Å². The van der Waals surface area contributed by atoms with Crippen LogP contribution in [0.2, 0.25) is 5.02 Å². The molecule has 0 aromatic heterocycles. The smallest absolute Gasteiger partial charge is 0.319 e. The molecule has 1 saturated heterocycles. The van der Waals surface area contributed by atoms with Crippen molar-refractivity contribution in [3.8, 4) is 11.1 Å². The second-order valence-corrected chi connectivity index (χ2v) is 7.40. The van der Waals surface area contributed by atoms with E-state index < -0.39 is 0 Å². The molecule has 0 bridgehead atoms. The highest BCUT2D eigenvalue weighted by molar-refractivity contribution is 6.30. The average molecular weight is 388 g/mol. The molecule has 2 amide bonds. The van der Waals surface area contributed by atoms with Crippen LogP contribution in [-0.4, -0.2) is 48.8 Å². The summed E-state index contributed by atoms with van der Waals surface area (Å²) in [6.45, 7) is 3.56. The minimum Gasteiger partial charge on any atom is -0.396 e. The first-order valence-electron chi connectivity index (χ1n) is 9.38. The molecule has 0 spiro atoms. The molecule has 3 N–H and O–H groups in total. The fraction of sp³-hybridized carbons (Fsp3) is 0.381. The number of likely N-dealkylation sites (tertiary alicyclic amines) is 1. The van der Waals surface area contributed by atoms with Gasteiger partial charge in [-0.1, -0.05) is 35.9 Å². The SMILES string of the molecule is O=C(NCCN1CCC[C@@H](CO)C1)Nc1cccc(-c2cccc(Cl)c2)c1. The van der Waals surface area contributed by atoms with Gasteiger partial charge in [-0.15, -0.1) is 0 Å². The van der Waals surface area contributed by atoms with E-state index >= 15 is 0 Å². The highest BCUT2D eigenvalue weighted by atomic mass is 35.5. The average Bonchev–Trinajstić information content (AvgIpc) is 2.68. The van der Waals surface area contributed by atoms with Gasteiger partial charge in [0.05, 0.1) is 0 Å². The highest BCUT2D eigenvalue weighted by Gasteiger charge is 2.18. The Kier molecular flexibility index (Phi) is 7.10. The van der Waals surface area contributed by atoms with Crippen LogP contribution in [0.1, 0.15) is 12.8 Å². The number of amides is 2. The number of carbonyl (C=O) groups is 1. The lowest BCUT2D eigenvalue weighted by molar-refractivity contribution is 0.121. The molecule has 0 unspecified atom stereocenters. The quantitative estimate of drug-likeness (QED) is 0.705. The summed E-state index contributed by atoms with van der Waals surface area (Å²) in [5.74, 6) is 0.363. The number of anilines is 1. The number of benzene rings is 2. The van der Waals surface area contributed by atoms with Crippen LogP contribution in [-0.2, 0) is 0 Å². The Hall–Kier alpha value is -2.08. The fourth-order valence-corrected chi connectivity index (χ4v) is 3.64. The maximum atomic E-state index is 12.2. The molecule has 1 aliphatic rings. The van der Waals surface area contributed by atoms with E-state index in [1.54, 1.807) is 0 Å². The van der Waals surface area contributed by atoms with Gasteiger partial charge in [-0.3, -0.25) is 0 Å². The molecular weight excluding hydrogens is 362 g/mol. The van der Waals surface area contributed by atoms with Crippen molar-refractivity contribution in [1.82, 2.24) is 10.2 Å². The van der Waals surface area contributed by atoms with Gasteiger partial charge in [-0.25, -0.2) is 4.79 Å². The van der Waals surface area contributed by atoms with Crippen molar-refractivity contribution in [3.63, 3.8) is 0 Å². The van der Waals surface area contributed by atoms with Crippen molar-refractivity contribution >= 4 is 23.3 Å². The topological polar surface area (TPSA) is 64.6 Å². The van der Waals surface area contributed by atoms with Gasteiger partial charge in [0.25, 0.3) is 0 Å². The van der Waals surface area contributed by atoms with E-state index in [1.807, 2.05) is 48.5 Å². The largest absolute Gasteiger partial charge is 0.396 e. The summed E-state index contributed by atoms with van der Waals surface area (Å²) in [6, 6.07) is 15.1. The number of piperidine rings is 1. The van der Waals surface area contributed by atoms with E-state index in [0.29, 0.717) is 17.5 Å². The molecule has 1 fully saturated rings. The van der Waals surface area contributed by atoms with Crippen LogP contribution in [0.4, 0.5) is 10.5 Å². The third-order valence-corrected chi connectivity index (χ3v) is 5.09. The van der Waals surface area contributed by atoms with Gasteiger partial charge in [-0.2, -0.15) is 0 Å². The molecule has 2 aromatic carbocycles. The zero-order valence-corrected chi connectivity index (χ0v) is 16.1. The molecule has 6 heteroatoms. The van der Waals surface area contributed by atoms with E-state index in [1.165, 1.54) is 0 Å². The summed E-state index contributed by atoms with van der Waals surface area (Å²) < 4.78 is 0. The van der Waals surface area contributed by atoms with Crippen molar-refractivity contribution in [2.75, 3.05) is 38.1 Å². The predicted octanol–water partition coefficient (Wildman–Crippen LogP) is 3.83. The summed E-state index contributed by atoms with van der Waals surface area (Å²) >= 11 is 6.06. The number of halogens is 1. The number of carbonyl (C=O) groups excluding carboxylic acids is 1. The molecule has 1 heterocycles. The third-order valence-electron chi connectivity index (χ3n) is 4.85. The van der Waals surface area contributed by atoms with Gasteiger partial charge < -0.3 is 20.6 Å². The van der Waals surface area contributed by atoms with Crippen molar-refractivity contribution in [3.05, 3.63) is 53.6 Å². The number of aliphatic hydroxyl groups is 1. The first-order valence-corrected chi connectivity index (χ1v) is 9.76. The standard InChI is InChI=1S/C21H26ClN3O2/c22-19-7-1-5-17(12-19)18-6-2-8-20(13-18)24-21(27)23-9-11-25-10-3-4-16(14-25)15-26/h1-2,5-8,12-13,16,26H,3-4,9-11,14-15H2,(H2,23,24,27)/t16-/m1/s1. The van der Waals surface area contributed by atoms with Crippen molar-refractivity contribution < 1.29 is 9.90 Å². The van der Waals surface area contributed by atoms with E-state index in [-0.39, 0.29) is 12.6 Å². The molecule has 144 valence electrons. The third kappa shape index (κ3) is 5.96. The lowest BCUT2D eigenvalue weighted by atomic mass is 9.99. The Morgan fingerprint density at radius 1 is 1.19 bits per heavy atom. The summed E-state index contributed by atoms with van der Waals surface area (Å²) in [7, 11) is 0. The monoisotopic (exact) mass is 387 g/mol. The molecule has 0 aliphatic carbocycles. The highest BCUT2D eigenvalue weighted by Crippen LogP contribution is 2.25. The number of urea groups is 1. The van der Waals surface area contributed by atoms with Gasteiger partial charge in [0, 0.05) is 37.0 Å². The van der Waals surface area contributed by atoms with Crippen LogP contribution in [0, 0.1) is 5.92 Å². The second-order valence-electron chi connectivity index (χ2n) is 6.96. The summed E-state index contributed by atoms with van der Waals surface area (Å²) in [5, 5.41) is 15.8. The zero-order valence-electron chi connectivity index (χ0n) is 15.3. The first kappa shape index (κ1) is 19.7. The normalized spacial score (nSPS) is 17.5. The van der Waals surface area contributed by atoms with E-state index in [9.17, 15) is 9.90 Å². The number of hydrogen-bond acceptors (Lipinski definition) is 3. The number of aliphatic hydroxyl groups excluding tert-OH is 1. The molecular formula is C21H26ClN3O2. The van der Waals surface area contributed by atoms with Gasteiger partial charge in [0.1, 0.15) is 0 Å². The molecule has 0 saturated carbocycles. The number of hydrogen-bond donors (Lipinski definition) is 3. The van der Waals surface area contributed by atoms with E-state index in [0.717, 1.165) is 49.3 Å². The van der Waals surface area contributed by atoms with Crippen LogP contribution in [0.3, 0.4) is 0 Å². The lowest BCUT2D eigenvalue weighted by Crippen LogP contribution is -2.42. The van der Waals surface area contributed by atoms with Gasteiger partial charge in [0.15, 0.2) is 0 Å². The molecule has 27 heavy (non-hydrogen) atoms. The Labute approximate surface area is 165 Å². The minimum atomic E-state index is -0.214. The molecule has 5 nitrogen and oxygen atoms in total. The van der Waals surface area contributed by atoms with Crippen molar-refractivity contribution in [2.24, 2.45) is 5.92 Å². The van der Waals surface area contributed by atoms with Gasteiger partial charge in [-0.05, 0) is 60.7 Å². The molecule has 0 radical (unpaired) electrons. The van der Waals surface area contributed by atoms with E-state index in [4.69, 9.17) is 11.6 Å². The zero-order chi connectivity index (χ0) is 19.1. The predicted molar refractivity (Wildman–Crippen MR) is 110 cm³/mol. The maximum absolute atomic E-state index is 12.2.